The summed E-state index contributed by atoms with van der Waals surface area (Å²) in [6.07, 6.45) is 2.85. The Bertz CT molecular complexity index is 682. The number of benzene rings is 1. The molecule has 1 heterocycles. The molecule has 0 aromatic heterocycles. The van der Waals surface area contributed by atoms with Crippen molar-refractivity contribution >= 4 is 21.6 Å². The molecule has 1 amide bonds. The lowest BCUT2D eigenvalue weighted by molar-refractivity contribution is -0.122. The number of methoxy groups -OCH3 is 1. The van der Waals surface area contributed by atoms with Gasteiger partial charge in [0, 0.05) is 6.04 Å². The SMILES string of the molecule is COc1ccc(N(C(C)C(=O)NC2CCN(C)CC2)S(C)(=O)=O)cc1. The van der Waals surface area contributed by atoms with E-state index in [1.807, 2.05) is 0 Å². The van der Waals surface area contributed by atoms with Gasteiger partial charge in [0.15, 0.2) is 0 Å². The molecule has 1 unspecified atom stereocenters. The number of nitrogens with zero attached hydrogens (tertiary/aromatic N) is 2. The average molecular weight is 369 g/mol. The minimum atomic E-state index is -3.61. The molecule has 140 valence electrons. The second-order valence-corrected chi connectivity index (χ2v) is 8.38. The fourth-order valence-corrected chi connectivity index (χ4v) is 4.19. The van der Waals surface area contributed by atoms with Crippen molar-refractivity contribution in [3.63, 3.8) is 0 Å². The molecule has 1 saturated heterocycles. The fraction of sp³-hybridized carbons (Fsp3) is 0.588. The van der Waals surface area contributed by atoms with Crippen LogP contribution in [0, 0.1) is 0 Å². The van der Waals surface area contributed by atoms with Crippen molar-refractivity contribution in [3.8, 4) is 5.75 Å². The first-order chi connectivity index (χ1) is 11.7. The van der Waals surface area contributed by atoms with E-state index in [1.165, 1.54) is 0 Å². The average Bonchev–Trinajstić information content (AvgIpc) is 2.56. The minimum absolute atomic E-state index is 0.0865. The molecule has 1 aliphatic heterocycles. The van der Waals surface area contributed by atoms with Gasteiger partial charge in [0.25, 0.3) is 0 Å². The summed E-state index contributed by atoms with van der Waals surface area (Å²) in [5, 5.41) is 2.99. The van der Waals surface area contributed by atoms with E-state index < -0.39 is 16.1 Å². The van der Waals surface area contributed by atoms with Crippen LogP contribution < -0.4 is 14.4 Å². The van der Waals surface area contributed by atoms with Gasteiger partial charge < -0.3 is 15.0 Å². The largest absolute Gasteiger partial charge is 0.497 e. The Kier molecular flexibility index (Phi) is 6.29. The van der Waals surface area contributed by atoms with E-state index >= 15 is 0 Å². The van der Waals surface area contributed by atoms with Crippen molar-refractivity contribution in [3.05, 3.63) is 24.3 Å². The standard InChI is InChI=1S/C17H27N3O4S/c1-13(17(21)18-14-9-11-19(2)12-10-14)20(25(4,22)23)15-5-7-16(24-3)8-6-15/h5-8,13-14H,9-12H2,1-4H3,(H,18,21). The molecule has 0 radical (unpaired) electrons. The van der Waals surface area contributed by atoms with Crippen LogP contribution in [-0.4, -0.2) is 64.8 Å². The summed E-state index contributed by atoms with van der Waals surface area (Å²) in [4.78, 5) is 14.8. The predicted octanol–water partition coefficient (Wildman–Crippen LogP) is 1.06. The minimum Gasteiger partial charge on any atom is -0.497 e. The van der Waals surface area contributed by atoms with Crippen LogP contribution in [0.15, 0.2) is 24.3 Å². The molecule has 1 N–H and O–H groups in total. The summed E-state index contributed by atoms with van der Waals surface area (Å²) >= 11 is 0. The zero-order valence-electron chi connectivity index (χ0n) is 15.2. The smallest absolute Gasteiger partial charge is 0.243 e. The van der Waals surface area contributed by atoms with Crippen LogP contribution in [0.3, 0.4) is 0 Å². The number of ether oxygens (including phenoxy) is 1. The van der Waals surface area contributed by atoms with Gasteiger partial charge in [-0.3, -0.25) is 9.10 Å². The first-order valence-corrected chi connectivity index (χ1v) is 10.2. The number of amides is 1. The van der Waals surface area contributed by atoms with E-state index in [0.717, 1.165) is 36.5 Å². The highest BCUT2D eigenvalue weighted by Crippen LogP contribution is 2.24. The lowest BCUT2D eigenvalue weighted by Gasteiger charge is -2.33. The summed E-state index contributed by atoms with van der Waals surface area (Å²) in [7, 11) is -0.0139. The van der Waals surface area contributed by atoms with Crippen molar-refractivity contribution in [2.75, 3.05) is 37.8 Å². The maximum Gasteiger partial charge on any atom is 0.243 e. The predicted molar refractivity (Wildman–Crippen MR) is 98.4 cm³/mol. The number of nitrogens with one attached hydrogen (secondary N) is 1. The van der Waals surface area contributed by atoms with Crippen LogP contribution in [0.25, 0.3) is 0 Å². The van der Waals surface area contributed by atoms with Crippen LogP contribution in [0.2, 0.25) is 0 Å². The number of hydrogen-bond acceptors (Lipinski definition) is 5. The third-order valence-corrected chi connectivity index (χ3v) is 5.72. The van der Waals surface area contributed by atoms with Crippen molar-refractivity contribution in [2.45, 2.75) is 31.8 Å². The summed E-state index contributed by atoms with van der Waals surface area (Å²) < 4.78 is 30.8. The molecule has 1 atom stereocenters. The number of piperidine rings is 1. The molecule has 2 rings (SSSR count). The van der Waals surface area contributed by atoms with Gasteiger partial charge in [-0.05, 0) is 64.2 Å². The second kappa shape index (κ2) is 8.05. The maximum atomic E-state index is 12.6. The summed E-state index contributed by atoms with van der Waals surface area (Å²) in [5.74, 6) is 0.344. The van der Waals surface area contributed by atoms with E-state index in [-0.39, 0.29) is 11.9 Å². The molecular formula is C17H27N3O4S. The molecule has 0 bridgehead atoms. The molecule has 7 nitrogen and oxygen atoms in total. The summed E-state index contributed by atoms with van der Waals surface area (Å²) in [6.45, 7) is 3.46. The fourth-order valence-electron chi connectivity index (χ4n) is 3.01. The van der Waals surface area contributed by atoms with Crippen LogP contribution >= 0.6 is 0 Å². The number of rotatable bonds is 6. The lowest BCUT2D eigenvalue weighted by atomic mass is 10.1. The van der Waals surface area contributed by atoms with Crippen molar-refractivity contribution in [2.24, 2.45) is 0 Å². The van der Waals surface area contributed by atoms with Gasteiger partial charge in [0.1, 0.15) is 11.8 Å². The van der Waals surface area contributed by atoms with Crippen LogP contribution in [0.4, 0.5) is 5.69 Å². The zero-order valence-corrected chi connectivity index (χ0v) is 16.0. The quantitative estimate of drug-likeness (QED) is 0.811. The van der Waals surface area contributed by atoms with E-state index in [1.54, 1.807) is 38.3 Å². The Morgan fingerprint density at radius 1 is 1.28 bits per heavy atom. The highest BCUT2D eigenvalue weighted by Gasteiger charge is 2.30. The molecular weight excluding hydrogens is 342 g/mol. The first kappa shape index (κ1) is 19.5. The van der Waals surface area contributed by atoms with Gasteiger partial charge in [-0.15, -0.1) is 0 Å². The molecule has 1 aromatic rings. The Balaban J connectivity index is 2.15. The molecule has 1 aromatic carbocycles. The van der Waals surface area contributed by atoms with Crippen molar-refractivity contribution < 1.29 is 17.9 Å². The van der Waals surface area contributed by atoms with Crippen molar-refractivity contribution in [1.29, 1.82) is 0 Å². The highest BCUT2D eigenvalue weighted by atomic mass is 32.2. The second-order valence-electron chi connectivity index (χ2n) is 6.52. The van der Waals surface area contributed by atoms with Gasteiger partial charge >= 0.3 is 0 Å². The van der Waals surface area contributed by atoms with Crippen LogP contribution in [-0.2, 0) is 14.8 Å². The third kappa shape index (κ3) is 5.09. The van der Waals surface area contributed by atoms with Crippen LogP contribution in [0.5, 0.6) is 5.75 Å². The van der Waals surface area contributed by atoms with Gasteiger partial charge in [0.2, 0.25) is 15.9 Å². The highest BCUT2D eigenvalue weighted by molar-refractivity contribution is 7.92. The maximum absolute atomic E-state index is 12.6. The Labute approximate surface area is 150 Å². The normalized spacial score (nSPS) is 17.8. The van der Waals surface area contributed by atoms with Crippen LogP contribution in [0.1, 0.15) is 19.8 Å². The number of carbonyl (C=O) groups is 1. The van der Waals surface area contributed by atoms with Gasteiger partial charge in [-0.25, -0.2) is 8.42 Å². The Hall–Kier alpha value is -1.80. The molecule has 1 fully saturated rings. The van der Waals surface area contributed by atoms with E-state index in [9.17, 15) is 13.2 Å². The van der Waals surface area contributed by atoms with E-state index in [4.69, 9.17) is 4.74 Å². The third-order valence-electron chi connectivity index (χ3n) is 4.48. The Morgan fingerprint density at radius 2 is 1.84 bits per heavy atom. The summed E-state index contributed by atoms with van der Waals surface area (Å²) in [5.41, 5.74) is 0.439. The van der Waals surface area contributed by atoms with Gasteiger partial charge in [0.05, 0.1) is 19.1 Å². The molecule has 8 heteroatoms. The van der Waals surface area contributed by atoms with Gasteiger partial charge in [-0.1, -0.05) is 0 Å². The molecule has 1 aliphatic rings. The number of anilines is 1. The Morgan fingerprint density at radius 3 is 2.32 bits per heavy atom. The lowest BCUT2D eigenvalue weighted by Crippen LogP contribution is -2.52. The van der Waals surface area contributed by atoms with E-state index in [0.29, 0.717) is 11.4 Å². The molecule has 0 saturated carbocycles. The molecule has 0 spiro atoms. The van der Waals surface area contributed by atoms with Gasteiger partial charge in [-0.2, -0.15) is 0 Å². The number of carbonyl (C=O) groups excluding carboxylic acids is 1. The number of likely N-dealkylation sites (tertiary alicyclic amines) is 1. The van der Waals surface area contributed by atoms with E-state index in [2.05, 4.69) is 17.3 Å². The topological polar surface area (TPSA) is 79.0 Å². The summed E-state index contributed by atoms with van der Waals surface area (Å²) in [6, 6.07) is 5.88. The molecule has 0 aliphatic carbocycles. The number of hydrogen-bond donors (Lipinski definition) is 1. The van der Waals surface area contributed by atoms with Crippen molar-refractivity contribution in [1.82, 2.24) is 10.2 Å². The first-order valence-electron chi connectivity index (χ1n) is 8.34. The monoisotopic (exact) mass is 369 g/mol. The number of sulfonamides is 1. The zero-order chi connectivity index (χ0) is 18.6. The molecule has 25 heavy (non-hydrogen) atoms.